The van der Waals surface area contributed by atoms with E-state index < -0.39 is 0 Å². The Balaban J connectivity index is 1.87. The second kappa shape index (κ2) is 7.07. The molecule has 0 aliphatic carbocycles. The Hall–Kier alpha value is -3.30. The maximum absolute atomic E-state index is 9.91. The predicted octanol–water partition coefficient (Wildman–Crippen LogP) is 4.44. The number of aromatic hydroxyl groups is 1. The van der Waals surface area contributed by atoms with Crippen LogP contribution in [0.15, 0.2) is 47.5 Å². The van der Waals surface area contributed by atoms with Crippen molar-refractivity contribution in [3.63, 3.8) is 0 Å². The van der Waals surface area contributed by atoms with E-state index >= 15 is 0 Å². The highest BCUT2D eigenvalue weighted by Gasteiger charge is 2.12. The van der Waals surface area contributed by atoms with Crippen molar-refractivity contribution in [1.29, 1.82) is 5.26 Å². The van der Waals surface area contributed by atoms with Crippen LogP contribution in [0, 0.1) is 18.3 Å². The number of nitrogens with one attached hydrogen (secondary N) is 2. The fourth-order valence-electron chi connectivity index (χ4n) is 2.23. The van der Waals surface area contributed by atoms with Crippen LogP contribution in [0.3, 0.4) is 0 Å². The van der Waals surface area contributed by atoms with E-state index in [2.05, 4.69) is 26.6 Å². The smallest absolute Gasteiger partial charge is 0.193 e. The molecular formula is C18H14ClN5O. The summed E-state index contributed by atoms with van der Waals surface area (Å²) in [6.07, 6.45) is 1.47. The first-order valence-electron chi connectivity index (χ1n) is 7.41. The molecule has 0 aliphatic heterocycles. The molecule has 0 saturated heterocycles. The zero-order valence-corrected chi connectivity index (χ0v) is 14.0. The molecule has 0 bridgehead atoms. The van der Waals surface area contributed by atoms with E-state index in [0.717, 1.165) is 11.3 Å². The molecule has 3 aromatic rings. The molecule has 0 aliphatic rings. The summed E-state index contributed by atoms with van der Waals surface area (Å²) in [5, 5.41) is 29.8. The van der Waals surface area contributed by atoms with E-state index in [9.17, 15) is 10.4 Å². The molecule has 0 saturated carbocycles. The van der Waals surface area contributed by atoms with Gasteiger partial charge in [0, 0.05) is 22.5 Å². The second-order valence-corrected chi connectivity index (χ2v) is 5.80. The van der Waals surface area contributed by atoms with Gasteiger partial charge < -0.3 is 10.4 Å². The lowest BCUT2D eigenvalue weighted by Crippen LogP contribution is -1.92. The summed E-state index contributed by atoms with van der Waals surface area (Å²) in [6, 6.07) is 14.4. The number of phenolic OH excluding ortho intramolecular Hbond substituents is 1. The quantitative estimate of drug-likeness (QED) is 0.605. The number of hydrogen-bond acceptors (Lipinski definition) is 5. The van der Waals surface area contributed by atoms with E-state index in [1.54, 1.807) is 30.3 Å². The van der Waals surface area contributed by atoms with Crippen LogP contribution in [-0.2, 0) is 0 Å². The molecule has 2 aromatic carbocycles. The highest BCUT2D eigenvalue weighted by Crippen LogP contribution is 2.27. The Kier molecular flexibility index (Phi) is 4.68. The summed E-state index contributed by atoms with van der Waals surface area (Å²) < 4.78 is 0. The van der Waals surface area contributed by atoms with Crippen LogP contribution in [0.1, 0.15) is 16.7 Å². The third-order valence-corrected chi connectivity index (χ3v) is 3.70. The molecule has 3 rings (SSSR count). The molecule has 0 atom stereocenters. The minimum atomic E-state index is 0.120. The number of nitriles is 1. The summed E-state index contributed by atoms with van der Waals surface area (Å²) in [5.41, 5.74) is 2.48. The minimum absolute atomic E-state index is 0.120. The van der Waals surface area contributed by atoms with Crippen LogP contribution in [0.4, 0.5) is 17.3 Å². The number of aromatic amines is 1. The predicted molar refractivity (Wildman–Crippen MR) is 98.1 cm³/mol. The van der Waals surface area contributed by atoms with Gasteiger partial charge in [0.05, 0.1) is 0 Å². The number of aromatic nitrogens is 2. The number of phenols is 1. The first-order valence-corrected chi connectivity index (χ1v) is 7.79. The number of hydrogen-bond donors (Lipinski definition) is 3. The first-order chi connectivity index (χ1) is 12.1. The van der Waals surface area contributed by atoms with Crippen LogP contribution < -0.4 is 5.32 Å². The van der Waals surface area contributed by atoms with Gasteiger partial charge in [-0.3, -0.25) is 5.10 Å². The Morgan fingerprint density at radius 1 is 1.32 bits per heavy atom. The van der Waals surface area contributed by atoms with E-state index in [0.29, 0.717) is 16.4 Å². The van der Waals surface area contributed by atoms with E-state index in [4.69, 9.17) is 11.6 Å². The Bertz CT molecular complexity index is 987. The summed E-state index contributed by atoms with van der Waals surface area (Å²) in [7, 11) is 0. The zero-order chi connectivity index (χ0) is 17.8. The maximum Gasteiger partial charge on any atom is 0.193 e. The summed E-state index contributed by atoms with van der Waals surface area (Å²) in [6.45, 7) is 1.88. The highest BCUT2D eigenvalue weighted by molar-refractivity contribution is 6.30. The van der Waals surface area contributed by atoms with Gasteiger partial charge in [-0.25, -0.2) is 4.99 Å². The lowest BCUT2D eigenvalue weighted by Gasteiger charge is -2.03. The van der Waals surface area contributed by atoms with Gasteiger partial charge in [-0.1, -0.05) is 23.7 Å². The van der Waals surface area contributed by atoms with Crippen molar-refractivity contribution in [3.05, 3.63) is 64.2 Å². The largest absolute Gasteiger partial charge is 0.507 e. The standard InChI is InChI=1S/C18H14ClN5O/c1-11-5-6-12(16(25)7-11)10-21-17-15(9-20)18(24-23-17)22-14-4-2-3-13(19)8-14/h2-8,10,25H,1H3,(H2,22,23,24). The molecule has 25 heavy (non-hydrogen) atoms. The van der Waals surface area contributed by atoms with Crippen molar-refractivity contribution in [2.75, 3.05) is 5.32 Å². The van der Waals surface area contributed by atoms with Crippen LogP contribution >= 0.6 is 11.6 Å². The van der Waals surface area contributed by atoms with Crippen molar-refractivity contribution in [3.8, 4) is 11.8 Å². The van der Waals surface area contributed by atoms with Crippen molar-refractivity contribution < 1.29 is 5.11 Å². The lowest BCUT2D eigenvalue weighted by molar-refractivity contribution is 0.474. The van der Waals surface area contributed by atoms with Gasteiger partial charge in [0.1, 0.15) is 23.2 Å². The zero-order valence-electron chi connectivity index (χ0n) is 13.3. The number of aliphatic imine (C=N–C) groups is 1. The fraction of sp³-hybridized carbons (Fsp3) is 0.0556. The second-order valence-electron chi connectivity index (χ2n) is 5.36. The van der Waals surface area contributed by atoms with Gasteiger partial charge in [0.15, 0.2) is 5.82 Å². The average molecular weight is 352 g/mol. The van der Waals surface area contributed by atoms with E-state index in [1.165, 1.54) is 6.21 Å². The van der Waals surface area contributed by atoms with Crippen molar-refractivity contribution in [1.82, 2.24) is 10.2 Å². The molecule has 124 valence electrons. The van der Waals surface area contributed by atoms with Gasteiger partial charge >= 0.3 is 0 Å². The number of H-pyrrole nitrogens is 1. The van der Waals surface area contributed by atoms with Gasteiger partial charge in [0.2, 0.25) is 0 Å². The Morgan fingerprint density at radius 2 is 2.16 bits per heavy atom. The highest BCUT2D eigenvalue weighted by atomic mass is 35.5. The summed E-state index contributed by atoms with van der Waals surface area (Å²) in [5.74, 6) is 0.770. The van der Waals surface area contributed by atoms with Gasteiger partial charge in [-0.15, -0.1) is 0 Å². The monoisotopic (exact) mass is 351 g/mol. The van der Waals surface area contributed by atoms with Crippen LogP contribution in [-0.4, -0.2) is 21.5 Å². The topological polar surface area (TPSA) is 97.1 Å². The minimum Gasteiger partial charge on any atom is -0.507 e. The number of nitrogens with zero attached hydrogens (tertiary/aromatic N) is 3. The summed E-state index contributed by atoms with van der Waals surface area (Å²) >= 11 is 5.96. The number of rotatable bonds is 4. The SMILES string of the molecule is Cc1ccc(C=Nc2n[nH]c(Nc3cccc(Cl)c3)c2C#N)c(O)c1. The number of anilines is 2. The van der Waals surface area contributed by atoms with Gasteiger partial charge in [0.25, 0.3) is 0 Å². The Labute approximate surface area is 149 Å². The molecule has 1 heterocycles. The molecule has 0 fully saturated rings. The molecule has 0 unspecified atom stereocenters. The normalized spacial score (nSPS) is 10.8. The molecule has 1 aromatic heterocycles. The van der Waals surface area contributed by atoms with Crippen molar-refractivity contribution >= 4 is 35.1 Å². The van der Waals surface area contributed by atoms with Crippen LogP contribution in [0.2, 0.25) is 5.02 Å². The molecule has 0 radical (unpaired) electrons. The van der Waals surface area contributed by atoms with Crippen molar-refractivity contribution in [2.45, 2.75) is 6.92 Å². The molecular weight excluding hydrogens is 338 g/mol. The molecule has 0 spiro atoms. The third kappa shape index (κ3) is 3.79. The number of benzene rings is 2. The third-order valence-electron chi connectivity index (χ3n) is 3.46. The number of halogens is 1. The first kappa shape index (κ1) is 16.6. The number of aryl methyl sites for hydroxylation is 1. The maximum atomic E-state index is 9.91. The van der Waals surface area contributed by atoms with Gasteiger partial charge in [-0.2, -0.15) is 10.4 Å². The summed E-state index contributed by atoms with van der Waals surface area (Å²) in [4.78, 5) is 4.20. The molecule has 7 heteroatoms. The fourth-order valence-corrected chi connectivity index (χ4v) is 2.42. The van der Waals surface area contributed by atoms with E-state index in [-0.39, 0.29) is 17.1 Å². The molecule has 3 N–H and O–H groups in total. The molecule has 6 nitrogen and oxygen atoms in total. The average Bonchev–Trinajstić information content (AvgIpc) is 2.95. The lowest BCUT2D eigenvalue weighted by atomic mass is 10.1. The van der Waals surface area contributed by atoms with Gasteiger partial charge in [-0.05, 0) is 42.8 Å². The Morgan fingerprint density at radius 3 is 2.88 bits per heavy atom. The van der Waals surface area contributed by atoms with Crippen LogP contribution in [0.5, 0.6) is 5.75 Å². The van der Waals surface area contributed by atoms with E-state index in [1.807, 2.05) is 19.1 Å². The van der Waals surface area contributed by atoms with Crippen molar-refractivity contribution in [2.24, 2.45) is 4.99 Å². The van der Waals surface area contributed by atoms with Crippen LogP contribution in [0.25, 0.3) is 0 Å². The molecule has 0 amide bonds.